The Kier molecular flexibility index (Phi) is 8.28. The predicted molar refractivity (Wildman–Crippen MR) is 73.0 cm³/mol. The van der Waals surface area contributed by atoms with Gasteiger partial charge in [0.15, 0.2) is 0 Å². The molecule has 0 aliphatic rings. The van der Waals surface area contributed by atoms with Crippen molar-refractivity contribution in [2.45, 2.75) is 73.1 Å². The third-order valence-corrected chi connectivity index (χ3v) is 3.68. The Hall–Kier alpha value is -0.530. The normalized spacial score (nSPS) is 13.5. The van der Waals surface area contributed by atoms with Crippen molar-refractivity contribution >= 4 is 5.97 Å². The van der Waals surface area contributed by atoms with Gasteiger partial charge in [-0.15, -0.1) is 0 Å². The summed E-state index contributed by atoms with van der Waals surface area (Å²) < 4.78 is 5.44. The van der Waals surface area contributed by atoms with E-state index in [4.69, 9.17) is 4.74 Å². The number of rotatable bonds is 9. The fourth-order valence-corrected chi connectivity index (χ4v) is 1.62. The number of hydrogen-bond acceptors (Lipinski definition) is 2. The molecule has 0 N–H and O–H groups in total. The van der Waals surface area contributed by atoms with Gasteiger partial charge in [0.05, 0.1) is 12.0 Å². The second-order valence-corrected chi connectivity index (χ2v) is 5.61. The van der Waals surface area contributed by atoms with E-state index in [2.05, 4.69) is 13.8 Å². The third-order valence-electron chi connectivity index (χ3n) is 3.68. The molecule has 0 heterocycles. The molecule has 0 amide bonds. The second-order valence-electron chi connectivity index (χ2n) is 5.61. The summed E-state index contributed by atoms with van der Waals surface area (Å²) in [6.45, 7) is 10.9. The standard InChI is InChI=1S/C15H30O2/c1-6-9-10-11-13(7-2)12-17-14(16)15(4,5)8-3/h13H,6-12H2,1-5H3. The third kappa shape index (κ3) is 6.70. The Balaban J connectivity index is 3.93. The van der Waals surface area contributed by atoms with Gasteiger partial charge in [0.25, 0.3) is 0 Å². The molecule has 0 aliphatic carbocycles. The maximum absolute atomic E-state index is 11.8. The molecule has 0 aromatic rings. The molecule has 1 atom stereocenters. The lowest BCUT2D eigenvalue weighted by Crippen LogP contribution is -2.27. The van der Waals surface area contributed by atoms with Crippen LogP contribution in [0.2, 0.25) is 0 Å². The van der Waals surface area contributed by atoms with Crippen LogP contribution in [0.25, 0.3) is 0 Å². The molecule has 2 heteroatoms. The van der Waals surface area contributed by atoms with Gasteiger partial charge >= 0.3 is 5.97 Å². The fraction of sp³-hybridized carbons (Fsp3) is 0.933. The number of carbonyl (C=O) groups is 1. The van der Waals surface area contributed by atoms with Crippen LogP contribution < -0.4 is 0 Å². The van der Waals surface area contributed by atoms with Crippen LogP contribution in [0.1, 0.15) is 73.1 Å². The van der Waals surface area contributed by atoms with Crippen molar-refractivity contribution in [1.82, 2.24) is 0 Å². The fourth-order valence-electron chi connectivity index (χ4n) is 1.62. The van der Waals surface area contributed by atoms with E-state index in [0.717, 1.165) is 12.8 Å². The first-order valence-corrected chi connectivity index (χ1v) is 7.15. The van der Waals surface area contributed by atoms with Crippen LogP contribution in [0.3, 0.4) is 0 Å². The highest BCUT2D eigenvalue weighted by Crippen LogP contribution is 2.23. The van der Waals surface area contributed by atoms with Crippen molar-refractivity contribution in [1.29, 1.82) is 0 Å². The van der Waals surface area contributed by atoms with E-state index in [-0.39, 0.29) is 11.4 Å². The summed E-state index contributed by atoms with van der Waals surface area (Å²) in [5.41, 5.74) is -0.332. The first-order valence-electron chi connectivity index (χ1n) is 7.15. The van der Waals surface area contributed by atoms with Crippen molar-refractivity contribution in [3.05, 3.63) is 0 Å². The molecule has 0 aromatic heterocycles. The van der Waals surface area contributed by atoms with Gasteiger partial charge in [-0.05, 0) is 32.6 Å². The lowest BCUT2D eigenvalue weighted by molar-refractivity contribution is -0.155. The summed E-state index contributed by atoms with van der Waals surface area (Å²) in [4.78, 5) is 11.8. The smallest absolute Gasteiger partial charge is 0.311 e. The summed E-state index contributed by atoms with van der Waals surface area (Å²) in [5.74, 6) is 0.493. The van der Waals surface area contributed by atoms with Crippen LogP contribution in [-0.4, -0.2) is 12.6 Å². The number of unbranched alkanes of at least 4 members (excludes halogenated alkanes) is 2. The zero-order valence-electron chi connectivity index (χ0n) is 12.3. The van der Waals surface area contributed by atoms with E-state index >= 15 is 0 Å². The van der Waals surface area contributed by atoms with Crippen LogP contribution >= 0.6 is 0 Å². The average Bonchev–Trinajstić information content (AvgIpc) is 2.33. The van der Waals surface area contributed by atoms with Crippen LogP contribution in [0.15, 0.2) is 0 Å². The molecule has 0 bridgehead atoms. The Bertz CT molecular complexity index is 209. The lowest BCUT2D eigenvalue weighted by atomic mass is 9.90. The van der Waals surface area contributed by atoms with Crippen molar-refractivity contribution in [2.24, 2.45) is 11.3 Å². The molecule has 0 radical (unpaired) electrons. The number of hydrogen-bond donors (Lipinski definition) is 0. The lowest BCUT2D eigenvalue weighted by Gasteiger charge is -2.22. The highest BCUT2D eigenvalue weighted by atomic mass is 16.5. The minimum Gasteiger partial charge on any atom is -0.465 e. The maximum Gasteiger partial charge on any atom is 0.311 e. The highest BCUT2D eigenvalue weighted by Gasteiger charge is 2.27. The number of ether oxygens (including phenoxy) is 1. The quantitative estimate of drug-likeness (QED) is 0.437. The number of esters is 1. The van der Waals surface area contributed by atoms with E-state index < -0.39 is 0 Å². The van der Waals surface area contributed by atoms with Gasteiger partial charge < -0.3 is 4.74 Å². The first-order chi connectivity index (χ1) is 7.97. The molecule has 0 spiro atoms. The van der Waals surface area contributed by atoms with Crippen molar-refractivity contribution in [2.75, 3.05) is 6.61 Å². The van der Waals surface area contributed by atoms with Gasteiger partial charge in [-0.3, -0.25) is 4.79 Å². The van der Waals surface area contributed by atoms with Crippen molar-refractivity contribution < 1.29 is 9.53 Å². The molecule has 0 aliphatic heterocycles. The van der Waals surface area contributed by atoms with E-state index in [1.54, 1.807) is 0 Å². The van der Waals surface area contributed by atoms with E-state index in [0.29, 0.717) is 12.5 Å². The first kappa shape index (κ1) is 16.5. The summed E-state index contributed by atoms with van der Waals surface area (Å²) in [7, 11) is 0. The molecule has 0 rings (SSSR count). The summed E-state index contributed by atoms with van der Waals surface area (Å²) in [6.07, 6.45) is 6.90. The molecule has 0 aromatic carbocycles. The molecule has 17 heavy (non-hydrogen) atoms. The van der Waals surface area contributed by atoms with Crippen molar-refractivity contribution in [3.63, 3.8) is 0 Å². The summed E-state index contributed by atoms with van der Waals surface area (Å²) in [6, 6.07) is 0. The van der Waals surface area contributed by atoms with Crippen LogP contribution in [0.4, 0.5) is 0 Å². The van der Waals surface area contributed by atoms with Crippen LogP contribution in [0.5, 0.6) is 0 Å². The maximum atomic E-state index is 11.8. The summed E-state index contributed by atoms with van der Waals surface area (Å²) in [5, 5.41) is 0. The molecule has 0 fully saturated rings. The predicted octanol–water partition coefficient (Wildman–Crippen LogP) is 4.57. The van der Waals surface area contributed by atoms with Gasteiger partial charge in [0, 0.05) is 0 Å². The van der Waals surface area contributed by atoms with Crippen LogP contribution in [-0.2, 0) is 9.53 Å². The van der Waals surface area contributed by atoms with E-state index in [1.807, 2.05) is 20.8 Å². The summed E-state index contributed by atoms with van der Waals surface area (Å²) >= 11 is 0. The molecule has 0 saturated carbocycles. The largest absolute Gasteiger partial charge is 0.465 e. The zero-order valence-corrected chi connectivity index (χ0v) is 12.3. The molecule has 2 nitrogen and oxygen atoms in total. The SMILES string of the molecule is CCCCCC(CC)COC(=O)C(C)(C)CC. The van der Waals surface area contributed by atoms with Crippen LogP contribution in [0, 0.1) is 11.3 Å². The second kappa shape index (κ2) is 8.54. The Morgan fingerprint density at radius 1 is 1.18 bits per heavy atom. The van der Waals surface area contributed by atoms with Gasteiger partial charge in [-0.1, -0.05) is 46.5 Å². The monoisotopic (exact) mass is 242 g/mol. The Morgan fingerprint density at radius 3 is 2.29 bits per heavy atom. The molecule has 0 saturated heterocycles. The molecule has 102 valence electrons. The average molecular weight is 242 g/mol. The van der Waals surface area contributed by atoms with E-state index in [1.165, 1.54) is 25.7 Å². The Labute approximate surface area is 107 Å². The van der Waals surface area contributed by atoms with Gasteiger partial charge in [-0.2, -0.15) is 0 Å². The molecular weight excluding hydrogens is 212 g/mol. The minimum atomic E-state index is -0.332. The van der Waals surface area contributed by atoms with Gasteiger partial charge in [0.2, 0.25) is 0 Å². The zero-order chi connectivity index (χ0) is 13.3. The van der Waals surface area contributed by atoms with Crippen molar-refractivity contribution in [3.8, 4) is 0 Å². The minimum absolute atomic E-state index is 0.0473. The van der Waals surface area contributed by atoms with E-state index in [9.17, 15) is 4.79 Å². The highest BCUT2D eigenvalue weighted by molar-refractivity contribution is 5.75. The Morgan fingerprint density at radius 2 is 1.82 bits per heavy atom. The van der Waals surface area contributed by atoms with Gasteiger partial charge in [0.1, 0.15) is 0 Å². The molecule has 1 unspecified atom stereocenters. The topological polar surface area (TPSA) is 26.3 Å². The number of carbonyl (C=O) groups excluding carboxylic acids is 1. The molecular formula is C15H30O2. The van der Waals surface area contributed by atoms with Gasteiger partial charge in [-0.25, -0.2) is 0 Å².